The third-order valence-corrected chi connectivity index (χ3v) is 12.1. The number of aliphatic carboxylic acids is 5. The van der Waals surface area contributed by atoms with Gasteiger partial charge in [-0.15, -0.1) is 0 Å². The van der Waals surface area contributed by atoms with E-state index in [0.717, 1.165) is 10.8 Å². The molecule has 418 valence electrons. The zero-order chi connectivity index (χ0) is 57.2. The molecule has 0 fully saturated rings. The van der Waals surface area contributed by atoms with Crippen LogP contribution in [0.1, 0.15) is 88.7 Å². The second kappa shape index (κ2) is 31.8. The van der Waals surface area contributed by atoms with Crippen LogP contribution in [-0.2, 0) is 65.6 Å². The number of phenolic OH excluding ortho intramolecular Hbond substituents is 1. The van der Waals surface area contributed by atoms with E-state index in [1.165, 1.54) is 31.0 Å². The Hall–Kier alpha value is -8.84. The highest BCUT2D eigenvalue weighted by molar-refractivity contribution is 5.94. The summed E-state index contributed by atoms with van der Waals surface area (Å²) in [6.07, 6.45) is -2.32. The number of aromatic hydroxyl groups is 1. The second-order valence-corrected chi connectivity index (χ2v) is 18.0. The minimum atomic E-state index is -1.71. The van der Waals surface area contributed by atoms with Gasteiger partial charge >= 0.3 is 35.9 Å². The predicted molar refractivity (Wildman–Crippen MR) is 272 cm³/mol. The normalized spacial score (nSPS) is 13.2. The van der Waals surface area contributed by atoms with E-state index in [4.69, 9.17) is 5.11 Å². The van der Waals surface area contributed by atoms with Crippen molar-refractivity contribution in [2.24, 2.45) is 0 Å². The summed E-state index contributed by atoms with van der Waals surface area (Å²) in [6.45, 7) is 1.34. The molecule has 0 saturated heterocycles. The van der Waals surface area contributed by atoms with Crippen LogP contribution >= 0.6 is 0 Å². The Bertz CT molecular complexity index is 2590. The molecule has 6 atom stereocenters. The van der Waals surface area contributed by atoms with Crippen LogP contribution in [0.2, 0.25) is 0 Å². The summed E-state index contributed by atoms with van der Waals surface area (Å²) in [5, 5.41) is 75.2. The molecular weight excluding hydrogens is 1010 g/mol. The van der Waals surface area contributed by atoms with E-state index in [-0.39, 0.29) is 76.6 Å². The van der Waals surface area contributed by atoms with E-state index >= 15 is 0 Å². The number of rotatable bonds is 34. The highest BCUT2D eigenvalue weighted by atomic mass is 16.4. The lowest BCUT2D eigenvalue weighted by Crippen LogP contribution is -2.57. The molecule has 0 aliphatic carbocycles. The van der Waals surface area contributed by atoms with Crippen molar-refractivity contribution in [3.8, 4) is 5.75 Å². The summed E-state index contributed by atoms with van der Waals surface area (Å²) in [6, 6.07) is 9.24. The number of phenols is 1. The largest absolute Gasteiger partial charge is 0.508 e. The zero-order valence-corrected chi connectivity index (χ0v) is 42.5. The minimum absolute atomic E-state index is 0.00351. The number of benzene rings is 3. The van der Waals surface area contributed by atoms with Gasteiger partial charge < -0.3 is 72.8 Å². The summed E-state index contributed by atoms with van der Waals surface area (Å²) in [7, 11) is 1.44. The third kappa shape index (κ3) is 23.1. The molecule has 0 aliphatic rings. The Labute approximate surface area is 441 Å². The van der Waals surface area contributed by atoms with Gasteiger partial charge in [0, 0.05) is 65.6 Å². The summed E-state index contributed by atoms with van der Waals surface area (Å²) >= 11 is 0. The number of nitrogens with one attached hydrogen (secondary N) is 7. The molecule has 26 heteroatoms. The number of fused-ring (bicyclic) bond motifs is 1. The molecular formula is C51H66N8O18. The topological polar surface area (TPSA) is 414 Å². The molecule has 8 amide bonds. The standard InChI is InChI=1S/C51H66N8O18/c1-29(60)59(2)40(28-30-13-16-34(61)17-14-30)46(68)56-39(27-31-12-15-32-8-3-4-9-33(32)26-31)45(67)55-36(48(71)72)10-5-6-24-52-41(62)21-22-42(63)53-25-7-11-35(47(69)70)54-43(64)20-18-37(49(73)74)57-51(77)58-38(50(75)76)19-23-44(65)66/h3-4,8-9,12-17,26,35-40,61H,5-7,10-11,18-25,27-28H2,1-2H3,(H,52,62)(H,53,63)(H,54,64)(H,55,67)(H,56,68)(H,65,66)(H,69,70)(H,71,72)(H,73,74)(H,75,76)(H2,57,58,77)/t35-,36+,37-,38-,39+,40+/m0/s1. The number of carboxylic acids is 5. The van der Waals surface area contributed by atoms with Crippen molar-refractivity contribution >= 4 is 82.1 Å². The fourth-order valence-electron chi connectivity index (χ4n) is 7.67. The van der Waals surface area contributed by atoms with Gasteiger partial charge in [0.25, 0.3) is 0 Å². The van der Waals surface area contributed by atoms with Crippen molar-refractivity contribution in [1.29, 1.82) is 0 Å². The van der Waals surface area contributed by atoms with Crippen LogP contribution in [-0.4, -0.2) is 163 Å². The fourth-order valence-corrected chi connectivity index (χ4v) is 7.67. The van der Waals surface area contributed by atoms with Gasteiger partial charge in [0.05, 0.1) is 0 Å². The van der Waals surface area contributed by atoms with Crippen molar-refractivity contribution in [3.63, 3.8) is 0 Å². The summed E-state index contributed by atoms with van der Waals surface area (Å²) < 4.78 is 0. The average molecular weight is 1080 g/mol. The Balaban J connectivity index is 1.45. The molecule has 0 radical (unpaired) electrons. The Kier molecular flexibility index (Phi) is 25.8. The number of carbonyl (C=O) groups is 12. The van der Waals surface area contributed by atoms with E-state index in [2.05, 4.69) is 26.6 Å². The van der Waals surface area contributed by atoms with Gasteiger partial charge in [-0.2, -0.15) is 0 Å². The van der Waals surface area contributed by atoms with Crippen molar-refractivity contribution in [2.45, 2.75) is 127 Å². The molecule has 0 heterocycles. The molecule has 13 N–H and O–H groups in total. The summed E-state index contributed by atoms with van der Waals surface area (Å²) in [5.41, 5.74) is 1.28. The van der Waals surface area contributed by atoms with E-state index in [1.54, 1.807) is 18.2 Å². The van der Waals surface area contributed by atoms with Gasteiger partial charge in [-0.25, -0.2) is 24.0 Å². The number of urea groups is 1. The molecule has 0 aliphatic heterocycles. The fraction of sp³-hybridized carbons (Fsp3) is 0.451. The minimum Gasteiger partial charge on any atom is -0.508 e. The van der Waals surface area contributed by atoms with Crippen molar-refractivity contribution < 1.29 is 88.2 Å². The number of nitrogens with zero attached hydrogens (tertiary/aromatic N) is 1. The maximum atomic E-state index is 13.9. The number of hydrogen-bond acceptors (Lipinski definition) is 13. The van der Waals surface area contributed by atoms with E-state index in [0.29, 0.717) is 11.1 Å². The van der Waals surface area contributed by atoms with E-state index < -0.39 is 133 Å². The Morgan fingerprint density at radius 1 is 0.481 bits per heavy atom. The van der Waals surface area contributed by atoms with Crippen LogP contribution in [0.15, 0.2) is 66.7 Å². The molecule has 0 spiro atoms. The molecule has 3 aromatic rings. The predicted octanol–water partition coefficient (Wildman–Crippen LogP) is 0.615. The Morgan fingerprint density at radius 3 is 1.53 bits per heavy atom. The van der Waals surface area contributed by atoms with Crippen LogP contribution in [0, 0.1) is 0 Å². The molecule has 0 unspecified atom stereocenters. The number of likely N-dealkylation sites (N-methyl/N-ethyl adjacent to an activating group) is 1. The quantitative estimate of drug-likeness (QED) is 0.0364. The van der Waals surface area contributed by atoms with Gasteiger partial charge in [-0.3, -0.25) is 33.6 Å². The first-order valence-corrected chi connectivity index (χ1v) is 24.6. The molecule has 26 nitrogen and oxygen atoms in total. The van der Waals surface area contributed by atoms with Gasteiger partial charge in [-0.05, 0) is 79.0 Å². The summed E-state index contributed by atoms with van der Waals surface area (Å²) in [4.78, 5) is 149. The first kappa shape index (κ1) is 62.5. The highest BCUT2D eigenvalue weighted by Gasteiger charge is 2.32. The highest BCUT2D eigenvalue weighted by Crippen LogP contribution is 2.19. The number of hydrogen-bond donors (Lipinski definition) is 13. The summed E-state index contributed by atoms with van der Waals surface area (Å²) in [5.74, 6) is -11.1. The molecule has 3 rings (SSSR count). The smallest absolute Gasteiger partial charge is 0.326 e. The van der Waals surface area contributed by atoms with Crippen molar-refractivity contribution in [3.05, 3.63) is 77.9 Å². The third-order valence-electron chi connectivity index (χ3n) is 12.1. The van der Waals surface area contributed by atoms with Gasteiger partial charge in [0.1, 0.15) is 42.0 Å². The monoisotopic (exact) mass is 1080 g/mol. The number of unbranched alkanes of at least 4 members (excludes halogenated alkanes) is 1. The number of carboxylic acid groups (broad SMARTS) is 5. The first-order chi connectivity index (χ1) is 36.4. The van der Waals surface area contributed by atoms with Crippen molar-refractivity contribution in [1.82, 2.24) is 42.1 Å². The van der Waals surface area contributed by atoms with Gasteiger partial charge in [0.2, 0.25) is 35.4 Å². The van der Waals surface area contributed by atoms with Crippen LogP contribution in [0.4, 0.5) is 4.79 Å². The van der Waals surface area contributed by atoms with Crippen LogP contribution in [0.25, 0.3) is 10.8 Å². The molecule has 3 aromatic carbocycles. The first-order valence-electron chi connectivity index (χ1n) is 24.6. The lowest BCUT2D eigenvalue weighted by molar-refractivity contribution is -0.143. The van der Waals surface area contributed by atoms with E-state index in [1.807, 2.05) is 47.0 Å². The maximum absolute atomic E-state index is 13.9. The van der Waals surface area contributed by atoms with Crippen LogP contribution < -0.4 is 37.2 Å². The molecule has 0 bridgehead atoms. The second-order valence-electron chi connectivity index (χ2n) is 18.0. The van der Waals surface area contributed by atoms with Crippen molar-refractivity contribution in [2.75, 3.05) is 20.1 Å². The Morgan fingerprint density at radius 2 is 0.974 bits per heavy atom. The van der Waals surface area contributed by atoms with E-state index in [9.17, 15) is 83.1 Å². The van der Waals surface area contributed by atoms with Crippen LogP contribution in [0.5, 0.6) is 5.75 Å². The van der Waals surface area contributed by atoms with Gasteiger partial charge in [0.15, 0.2) is 0 Å². The molecule has 77 heavy (non-hydrogen) atoms. The lowest BCUT2D eigenvalue weighted by Gasteiger charge is -2.29. The zero-order valence-electron chi connectivity index (χ0n) is 42.5. The average Bonchev–Trinajstić information content (AvgIpc) is 3.37. The lowest BCUT2D eigenvalue weighted by atomic mass is 9.99. The van der Waals surface area contributed by atoms with Gasteiger partial charge in [-0.1, -0.05) is 54.6 Å². The SMILES string of the molecule is CC(=O)N(C)[C@H](Cc1ccc(O)cc1)C(=O)N[C@H](Cc1ccc2ccccc2c1)C(=O)N[C@H](CCCCNC(=O)CCC(=O)NCCC[C@H](NC(=O)CC[C@H](NC(=O)N[C@@H](CCC(=O)O)C(=O)O)C(=O)O)C(=O)O)C(=O)O. The number of carbonyl (C=O) groups excluding carboxylic acids is 7. The molecule has 0 aromatic heterocycles. The van der Waals surface area contributed by atoms with Crippen LogP contribution in [0.3, 0.4) is 0 Å². The maximum Gasteiger partial charge on any atom is 0.326 e. The number of amides is 8. The molecule has 0 saturated carbocycles.